The molecule has 0 spiro atoms. The molecule has 2 aliphatic rings. The minimum Gasteiger partial charge on any atom is -0.322 e. The smallest absolute Gasteiger partial charge is 0.241 e. The number of nitrogens with two attached hydrogens (primary N) is 1. The molecule has 1 amide bonds. The lowest BCUT2D eigenvalue weighted by atomic mass is 9.78. The Morgan fingerprint density at radius 1 is 1.55 bits per heavy atom. The van der Waals surface area contributed by atoms with Gasteiger partial charge >= 0.3 is 0 Å². The van der Waals surface area contributed by atoms with Crippen LogP contribution in [0.3, 0.4) is 0 Å². The van der Waals surface area contributed by atoms with Gasteiger partial charge in [-0.3, -0.25) is 4.79 Å². The van der Waals surface area contributed by atoms with E-state index in [-0.39, 0.29) is 36.7 Å². The van der Waals surface area contributed by atoms with Gasteiger partial charge in [0.2, 0.25) is 5.91 Å². The summed E-state index contributed by atoms with van der Waals surface area (Å²) < 4.78 is 13.4. The van der Waals surface area contributed by atoms with Crippen molar-refractivity contribution in [3.63, 3.8) is 0 Å². The lowest BCUT2D eigenvalue weighted by molar-refractivity contribution is -0.135. The maximum absolute atomic E-state index is 13.4. The molecule has 0 aromatic carbocycles. The molecule has 1 saturated heterocycles. The van der Waals surface area contributed by atoms with Crippen LogP contribution in [0.25, 0.3) is 0 Å². The summed E-state index contributed by atoms with van der Waals surface area (Å²) in [5.74, 6) is -0.312. The van der Waals surface area contributed by atoms with Gasteiger partial charge in [0.05, 0.1) is 18.7 Å². The Bertz CT molecular complexity index is 417. The summed E-state index contributed by atoms with van der Waals surface area (Å²) in [7, 11) is 0. The average molecular weight is 302 g/mol. The Hall–Kier alpha value is -1.12. The van der Waals surface area contributed by atoms with Crippen molar-refractivity contribution in [3.8, 4) is 6.07 Å². The van der Waals surface area contributed by atoms with Gasteiger partial charge in [-0.05, 0) is 12.8 Å². The van der Waals surface area contributed by atoms with E-state index in [1.165, 1.54) is 4.90 Å². The quantitative estimate of drug-likeness (QED) is 0.810. The second-order valence-electron chi connectivity index (χ2n) is 5.59. The minimum atomic E-state index is -1.12. The largest absolute Gasteiger partial charge is 0.322 e. The molecule has 1 heterocycles. The van der Waals surface area contributed by atoms with Gasteiger partial charge in [0.1, 0.15) is 12.2 Å². The van der Waals surface area contributed by atoms with Gasteiger partial charge in [-0.1, -0.05) is 18.9 Å². The molecule has 1 saturated carbocycles. The summed E-state index contributed by atoms with van der Waals surface area (Å²) in [5, 5.41) is 9.00. The van der Waals surface area contributed by atoms with Crippen LogP contribution in [0, 0.1) is 16.7 Å². The fourth-order valence-corrected chi connectivity index (χ4v) is 3.25. The molecular weight excluding hydrogens is 281 g/mol. The zero-order valence-corrected chi connectivity index (χ0v) is 12.2. The molecule has 0 aromatic rings. The normalized spacial score (nSPS) is 29.4. The first-order valence-electron chi connectivity index (χ1n) is 6.77. The third-order valence-electron chi connectivity index (χ3n) is 4.51. The molecule has 112 valence electrons. The molecule has 0 bridgehead atoms. The summed E-state index contributed by atoms with van der Waals surface area (Å²) in [6, 6.07) is 0.587. The molecule has 0 unspecified atom stereocenters. The van der Waals surface area contributed by atoms with E-state index >= 15 is 0 Å². The highest BCUT2D eigenvalue weighted by Crippen LogP contribution is 2.42. The SMILES string of the molecule is C=CC1([C@H](N)C(=O)N2C[C@@H](F)C[C@H]2C#N)CCCC1.Cl. The Morgan fingerprint density at radius 2 is 2.15 bits per heavy atom. The molecule has 1 aliphatic heterocycles. The van der Waals surface area contributed by atoms with Crippen molar-refractivity contribution in [2.45, 2.75) is 50.4 Å². The number of rotatable bonds is 3. The molecule has 0 radical (unpaired) electrons. The molecular formula is C14H21ClFN3O. The number of carbonyl (C=O) groups excluding carboxylic acids is 1. The van der Waals surface area contributed by atoms with Crippen LogP contribution >= 0.6 is 12.4 Å². The van der Waals surface area contributed by atoms with Crippen molar-refractivity contribution in [2.75, 3.05) is 6.54 Å². The molecule has 0 aromatic heterocycles. The first-order chi connectivity index (χ1) is 9.04. The van der Waals surface area contributed by atoms with Crippen molar-refractivity contribution in [2.24, 2.45) is 11.1 Å². The minimum absolute atomic E-state index is 0. The Labute approximate surface area is 125 Å². The van der Waals surface area contributed by atoms with Gasteiger partial charge in [0.15, 0.2) is 0 Å². The molecule has 2 fully saturated rings. The summed E-state index contributed by atoms with van der Waals surface area (Å²) in [5.41, 5.74) is 5.73. The number of halogens is 2. The van der Waals surface area contributed by atoms with Gasteiger partial charge in [-0.2, -0.15) is 5.26 Å². The molecule has 6 heteroatoms. The van der Waals surface area contributed by atoms with Gasteiger partial charge in [-0.25, -0.2) is 4.39 Å². The van der Waals surface area contributed by atoms with E-state index in [1.807, 2.05) is 6.07 Å². The lowest BCUT2D eigenvalue weighted by Gasteiger charge is -2.34. The zero-order chi connectivity index (χ0) is 14.0. The van der Waals surface area contributed by atoms with Crippen LogP contribution in [-0.4, -0.2) is 35.6 Å². The van der Waals surface area contributed by atoms with Gasteiger partial charge in [-0.15, -0.1) is 19.0 Å². The van der Waals surface area contributed by atoms with Crippen LogP contribution in [0.5, 0.6) is 0 Å². The monoisotopic (exact) mass is 301 g/mol. The maximum atomic E-state index is 13.4. The van der Waals surface area contributed by atoms with E-state index in [2.05, 4.69) is 6.58 Å². The standard InChI is InChI=1S/C14H20FN3O.ClH/c1-2-14(5-3-4-6-14)12(17)13(19)18-9-10(15)7-11(18)8-16;/h2,10-12H,1,3-7,9,17H2;1H/t10-,11-,12+;/m0./s1. The molecule has 20 heavy (non-hydrogen) atoms. The van der Waals surface area contributed by atoms with Gasteiger partial charge in [0, 0.05) is 11.8 Å². The van der Waals surface area contributed by atoms with Crippen LogP contribution in [0.4, 0.5) is 4.39 Å². The number of likely N-dealkylation sites (tertiary alicyclic amines) is 1. The third kappa shape index (κ3) is 2.82. The van der Waals surface area contributed by atoms with Crippen molar-refractivity contribution in [3.05, 3.63) is 12.7 Å². The molecule has 4 nitrogen and oxygen atoms in total. The predicted octanol–water partition coefficient (Wildman–Crippen LogP) is 1.94. The highest BCUT2D eigenvalue weighted by Gasteiger charge is 2.45. The molecule has 3 atom stereocenters. The number of nitrogens with zero attached hydrogens (tertiary/aromatic N) is 2. The number of nitriles is 1. The van der Waals surface area contributed by atoms with E-state index in [0.29, 0.717) is 0 Å². The van der Waals surface area contributed by atoms with E-state index < -0.39 is 18.3 Å². The maximum Gasteiger partial charge on any atom is 0.241 e. The zero-order valence-electron chi connectivity index (χ0n) is 11.4. The Balaban J connectivity index is 0.00000200. The summed E-state index contributed by atoms with van der Waals surface area (Å²) in [6.07, 6.45) is 4.48. The molecule has 2 N–H and O–H groups in total. The summed E-state index contributed by atoms with van der Waals surface area (Å²) in [6.45, 7) is 3.79. The number of alkyl halides is 1. The third-order valence-corrected chi connectivity index (χ3v) is 4.51. The fraction of sp³-hybridized carbons (Fsp3) is 0.714. The topological polar surface area (TPSA) is 70.1 Å². The number of amides is 1. The molecule has 1 aliphatic carbocycles. The highest BCUT2D eigenvalue weighted by molar-refractivity contribution is 5.85. The number of carbonyl (C=O) groups is 1. The highest BCUT2D eigenvalue weighted by atomic mass is 35.5. The second-order valence-corrected chi connectivity index (χ2v) is 5.59. The fourth-order valence-electron chi connectivity index (χ4n) is 3.25. The lowest BCUT2D eigenvalue weighted by Crippen LogP contribution is -2.53. The van der Waals surface area contributed by atoms with Gasteiger partial charge in [0.25, 0.3) is 0 Å². The van der Waals surface area contributed by atoms with Crippen molar-refractivity contribution >= 4 is 18.3 Å². The van der Waals surface area contributed by atoms with Crippen LogP contribution in [-0.2, 0) is 4.79 Å². The summed E-state index contributed by atoms with van der Waals surface area (Å²) in [4.78, 5) is 13.8. The van der Waals surface area contributed by atoms with Crippen molar-refractivity contribution in [1.82, 2.24) is 4.90 Å². The van der Waals surface area contributed by atoms with Crippen LogP contribution in [0.1, 0.15) is 32.1 Å². The Kier molecular flexibility index (Phi) is 5.55. The number of hydrogen-bond donors (Lipinski definition) is 1. The first-order valence-corrected chi connectivity index (χ1v) is 6.77. The van der Waals surface area contributed by atoms with Crippen LogP contribution in [0.15, 0.2) is 12.7 Å². The van der Waals surface area contributed by atoms with Crippen LogP contribution < -0.4 is 5.73 Å². The van der Waals surface area contributed by atoms with E-state index in [4.69, 9.17) is 11.0 Å². The van der Waals surface area contributed by atoms with Crippen LogP contribution in [0.2, 0.25) is 0 Å². The Morgan fingerprint density at radius 3 is 2.65 bits per heavy atom. The van der Waals surface area contributed by atoms with Crippen molar-refractivity contribution < 1.29 is 9.18 Å². The van der Waals surface area contributed by atoms with Crippen molar-refractivity contribution in [1.29, 1.82) is 5.26 Å². The predicted molar refractivity (Wildman–Crippen MR) is 76.9 cm³/mol. The first kappa shape index (κ1) is 16.9. The van der Waals surface area contributed by atoms with E-state index in [9.17, 15) is 9.18 Å². The van der Waals surface area contributed by atoms with Gasteiger partial charge < -0.3 is 10.6 Å². The molecule has 2 rings (SSSR count). The van der Waals surface area contributed by atoms with E-state index in [0.717, 1.165) is 25.7 Å². The summed E-state index contributed by atoms with van der Waals surface area (Å²) >= 11 is 0. The average Bonchev–Trinajstić information content (AvgIpc) is 3.03. The number of hydrogen-bond acceptors (Lipinski definition) is 3. The second kappa shape index (κ2) is 6.55. The van der Waals surface area contributed by atoms with E-state index in [1.54, 1.807) is 6.08 Å².